The molecule has 0 bridgehead atoms. The summed E-state index contributed by atoms with van der Waals surface area (Å²) in [5.74, 6) is -0.850. The highest BCUT2D eigenvalue weighted by Gasteiger charge is 2.48. The van der Waals surface area contributed by atoms with Gasteiger partial charge in [0.1, 0.15) is 24.4 Å². The first-order chi connectivity index (χ1) is 9.81. The van der Waals surface area contributed by atoms with Crippen molar-refractivity contribution in [2.24, 2.45) is 0 Å². The maximum absolute atomic E-state index is 10.5. The topological polar surface area (TPSA) is 68.2 Å². The number of hydrogen-bond acceptors (Lipinski definition) is 5. The summed E-state index contributed by atoms with van der Waals surface area (Å²) >= 11 is 0. The zero-order valence-corrected chi connectivity index (χ0v) is 15.9. The van der Waals surface area contributed by atoms with Crippen molar-refractivity contribution in [2.45, 2.75) is 83.0 Å². The van der Waals surface area contributed by atoms with Crippen LogP contribution < -0.4 is 0 Å². The van der Waals surface area contributed by atoms with E-state index in [1.54, 1.807) is 13.8 Å². The third kappa shape index (κ3) is 4.63. The Bertz CT molecular complexity index is 388. The van der Waals surface area contributed by atoms with Crippen LogP contribution in [0.2, 0.25) is 18.1 Å². The lowest BCUT2D eigenvalue weighted by atomic mass is 10.0. The molecule has 1 saturated heterocycles. The molecule has 4 atom stereocenters. The van der Waals surface area contributed by atoms with Gasteiger partial charge in [0.25, 0.3) is 0 Å². The highest BCUT2D eigenvalue weighted by Crippen LogP contribution is 2.37. The summed E-state index contributed by atoms with van der Waals surface area (Å²) in [4.78, 5) is 0. The van der Waals surface area contributed by atoms with E-state index in [-0.39, 0.29) is 11.6 Å². The molecule has 1 aliphatic rings. The fourth-order valence-corrected chi connectivity index (χ4v) is 3.14. The molecule has 2 N–H and O–H groups in total. The SMILES string of the molecule is C=CC(O)[C@@H]1OC(C)(C)O[C@@H]1[C@@H](O)CO[Si](C)(C)C(C)(C)C. The molecule has 1 heterocycles. The molecule has 0 aromatic heterocycles. The van der Waals surface area contributed by atoms with Crippen molar-refractivity contribution >= 4 is 8.32 Å². The average Bonchev–Trinajstić information content (AvgIpc) is 2.70. The summed E-state index contributed by atoms with van der Waals surface area (Å²) in [7, 11) is -1.95. The Kier molecular flexibility index (Phi) is 6.04. The minimum Gasteiger partial charge on any atom is -0.414 e. The highest BCUT2D eigenvalue weighted by atomic mass is 28.4. The minimum absolute atomic E-state index is 0.0685. The van der Waals surface area contributed by atoms with E-state index >= 15 is 0 Å². The molecule has 0 amide bonds. The van der Waals surface area contributed by atoms with Crippen LogP contribution in [-0.4, -0.2) is 55.3 Å². The van der Waals surface area contributed by atoms with E-state index in [4.69, 9.17) is 13.9 Å². The Labute approximate surface area is 135 Å². The minimum atomic E-state index is -1.95. The maximum Gasteiger partial charge on any atom is 0.192 e. The molecule has 0 saturated carbocycles. The summed E-state index contributed by atoms with van der Waals surface area (Å²) in [6.45, 7) is 18.0. The molecule has 130 valence electrons. The van der Waals surface area contributed by atoms with Gasteiger partial charge in [-0.25, -0.2) is 0 Å². The standard InChI is InChI=1S/C16H32O5Si/c1-9-11(17)13-14(21-16(5,6)20-13)12(18)10-19-22(7,8)15(2,3)4/h9,11-14,17-18H,1,10H2,2-8H3/t11?,12-,13-,14+/m0/s1. The quantitative estimate of drug-likeness (QED) is 0.577. The van der Waals surface area contributed by atoms with Crippen molar-refractivity contribution in [2.75, 3.05) is 6.61 Å². The Morgan fingerprint density at radius 2 is 1.73 bits per heavy atom. The van der Waals surface area contributed by atoms with Gasteiger partial charge in [-0.1, -0.05) is 26.8 Å². The van der Waals surface area contributed by atoms with E-state index in [2.05, 4.69) is 40.4 Å². The summed E-state index contributed by atoms with van der Waals surface area (Å²) < 4.78 is 17.5. The van der Waals surface area contributed by atoms with Crippen molar-refractivity contribution in [1.82, 2.24) is 0 Å². The predicted molar refractivity (Wildman–Crippen MR) is 89.2 cm³/mol. The lowest BCUT2D eigenvalue weighted by Gasteiger charge is -2.37. The zero-order chi connectivity index (χ0) is 17.3. The second kappa shape index (κ2) is 6.71. The first kappa shape index (κ1) is 19.8. The van der Waals surface area contributed by atoms with Crippen molar-refractivity contribution in [3.63, 3.8) is 0 Å². The molecule has 0 aliphatic carbocycles. The van der Waals surface area contributed by atoms with Crippen LogP contribution in [0.15, 0.2) is 12.7 Å². The number of ether oxygens (including phenoxy) is 2. The molecule has 1 rings (SSSR count). The number of aliphatic hydroxyl groups excluding tert-OH is 2. The molecule has 6 heteroatoms. The summed E-state index contributed by atoms with van der Waals surface area (Å²) in [5, 5.41) is 20.5. The van der Waals surface area contributed by atoms with Gasteiger partial charge in [0.05, 0.1) is 6.61 Å². The Morgan fingerprint density at radius 1 is 1.23 bits per heavy atom. The van der Waals surface area contributed by atoms with Gasteiger partial charge < -0.3 is 24.1 Å². The summed E-state index contributed by atoms with van der Waals surface area (Å²) in [6, 6.07) is 0. The van der Waals surface area contributed by atoms with Crippen molar-refractivity contribution in [3.8, 4) is 0 Å². The van der Waals surface area contributed by atoms with Crippen LogP contribution in [0.3, 0.4) is 0 Å². The lowest BCUT2D eigenvalue weighted by molar-refractivity contribution is -0.160. The Balaban J connectivity index is 2.75. The van der Waals surface area contributed by atoms with E-state index in [0.29, 0.717) is 0 Å². The Morgan fingerprint density at radius 3 is 2.18 bits per heavy atom. The van der Waals surface area contributed by atoms with Crippen LogP contribution >= 0.6 is 0 Å². The van der Waals surface area contributed by atoms with Gasteiger partial charge in [-0.3, -0.25) is 0 Å². The zero-order valence-electron chi connectivity index (χ0n) is 14.9. The van der Waals surface area contributed by atoms with Crippen molar-refractivity contribution < 1.29 is 24.1 Å². The highest BCUT2D eigenvalue weighted by molar-refractivity contribution is 6.74. The van der Waals surface area contributed by atoms with Crippen LogP contribution in [0, 0.1) is 0 Å². The second-order valence-corrected chi connectivity index (χ2v) is 12.7. The average molecular weight is 333 g/mol. The molecular weight excluding hydrogens is 300 g/mol. The monoisotopic (exact) mass is 332 g/mol. The van der Waals surface area contributed by atoms with Gasteiger partial charge >= 0.3 is 0 Å². The van der Waals surface area contributed by atoms with Crippen molar-refractivity contribution in [3.05, 3.63) is 12.7 Å². The smallest absolute Gasteiger partial charge is 0.192 e. The van der Waals surface area contributed by atoms with Crippen molar-refractivity contribution in [1.29, 1.82) is 0 Å². The molecule has 1 fully saturated rings. The first-order valence-electron chi connectivity index (χ1n) is 7.79. The Hall–Kier alpha value is -0.243. The van der Waals surface area contributed by atoms with Crippen LogP contribution in [0.5, 0.6) is 0 Å². The third-order valence-corrected chi connectivity index (χ3v) is 9.04. The predicted octanol–water partition coefficient (Wildman–Crippen LogP) is 2.44. The van der Waals surface area contributed by atoms with Gasteiger partial charge in [-0.2, -0.15) is 0 Å². The molecular formula is C16H32O5Si. The molecule has 1 aliphatic heterocycles. The number of hydrogen-bond donors (Lipinski definition) is 2. The van der Waals surface area contributed by atoms with Crippen LogP contribution in [0.4, 0.5) is 0 Å². The fraction of sp³-hybridized carbons (Fsp3) is 0.875. The van der Waals surface area contributed by atoms with Gasteiger partial charge in [0.2, 0.25) is 0 Å². The van der Waals surface area contributed by atoms with Gasteiger partial charge in [-0.15, -0.1) is 6.58 Å². The molecule has 0 aromatic carbocycles. The largest absolute Gasteiger partial charge is 0.414 e. The number of rotatable bonds is 6. The summed E-state index contributed by atoms with van der Waals surface area (Å²) in [6.07, 6.45) is -1.66. The van der Waals surface area contributed by atoms with Gasteiger partial charge in [-0.05, 0) is 32.0 Å². The van der Waals surface area contributed by atoms with Gasteiger partial charge in [0, 0.05) is 0 Å². The van der Waals surface area contributed by atoms with E-state index in [1.807, 2.05) is 0 Å². The van der Waals surface area contributed by atoms with E-state index < -0.39 is 38.5 Å². The molecule has 1 unspecified atom stereocenters. The van der Waals surface area contributed by atoms with Crippen LogP contribution in [-0.2, 0) is 13.9 Å². The molecule has 22 heavy (non-hydrogen) atoms. The van der Waals surface area contributed by atoms with E-state index in [1.165, 1.54) is 6.08 Å². The molecule has 0 radical (unpaired) electrons. The lowest BCUT2D eigenvalue weighted by Crippen LogP contribution is -2.48. The molecule has 0 spiro atoms. The molecule has 0 aromatic rings. The third-order valence-electron chi connectivity index (χ3n) is 4.54. The first-order valence-corrected chi connectivity index (χ1v) is 10.7. The maximum atomic E-state index is 10.5. The normalized spacial score (nSPS) is 28.4. The number of aliphatic hydroxyl groups is 2. The fourth-order valence-electron chi connectivity index (χ4n) is 2.12. The summed E-state index contributed by atoms with van der Waals surface area (Å²) in [5.41, 5.74) is 0. The van der Waals surface area contributed by atoms with Crippen LogP contribution in [0.1, 0.15) is 34.6 Å². The van der Waals surface area contributed by atoms with Gasteiger partial charge in [0.15, 0.2) is 14.1 Å². The van der Waals surface area contributed by atoms with E-state index in [9.17, 15) is 10.2 Å². The second-order valence-electron chi connectivity index (χ2n) is 7.93. The van der Waals surface area contributed by atoms with Crippen LogP contribution in [0.25, 0.3) is 0 Å². The molecule has 5 nitrogen and oxygen atoms in total. The van der Waals surface area contributed by atoms with E-state index in [0.717, 1.165) is 0 Å².